The van der Waals surface area contributed by atoms with Crippen molar-refractivity contribution in [2.24, 2.45) is 0 Å². The zero-order valence-corrected chi connectivity index (χ0v) is 16.7. The number of fused-ring (bicyclic) bond motifs is 2. The van der Waals surface area contributed by atoms with Crippen LogP contribution in [0.3, 0.4) is 0 Å². The van der Waals surface area contributed by atoms with Crippen molar-refractivity contribution >= 4 is 17.5 Å². The fourth-order valence-corrected chi connectivity index (χ4v) is 4.92. The van der Waals surface area contributed by atoms with Crippen LogP contribution in [0.2, 0.25) is 0 Å². The normalized spacial score (nSPS) is 21.4. The summed E-state index contributed by atoms with van der Waals surface area (Å²) in [5.41, 5.74) is 2.58. The first-order valence-corrected chi connectivity index (χ1v) is 10.8. The zero-order valence-electron chi connectivity index (χ0n) is 16.7. The molecule has 3 heterocycles. The maximum atomic E-state index is 12.9. The topological polar surface area (TPSA) is 80.1 Å². The number of Topliss-reactive ketones (excluding diaryl/α,β-unsaturated/α-hetero) is 1. The van der Waals surface area contributed by atoms with Gasteiger partial charge in [-0.25, -0.2) is 4.79 Å². The third-order valence-electron chi connectivity index (χ3n) is 6.47. The van der Waals surface area contributed by atoms with Gasteiger partial charge in [0.2, 0.25) is 0 Å². The molecule has 29 heavy (non-hydrogen) atoms. The number of urea groups is 1. The van der Waals surface area contributed by atoms with Crippen molar-refractivity contribution in [2.45, 2.75) is 63.8 Å². The molecule has 1 aliphatic carbocycles. The monoisotopic (exact) mass is 393 g/mol. The fourth-order valence-electron chi connectivity index (χ4n) is 4.92. The van der Waals surface area contributed by atoms with Gasteiger partial charge in [0, 0.05) is 49.6 Å². The molecule has 1 unspecified atom stereocenters. The van der Waals surface area contributed by atoms with Gasteiger partial charge in [0.25, 0.3) is 0 Å². The Bertz CT molecular complexity index is 951. The summed E-state index contributed by atoms with van der Waals surface area (Å²) in [4.78, 5) is 27.2. The molecule has 1 fully saturated rings. The minimum atomic E-state index is -0.100. The minimum Gasteiger partial charge on any atom is -0.324 e. The number of carbonyl (C=O) groups is 2. The van der Waals surface area contributed by atoms with Gasteiger partial charge < -0.3 is 14.8 Å². The smallest absolute Gasteiger partial charge is 0.321 e. The summed E-state index contributed by atoms with van der Waals surface area (Å²) in [7, 11) is 0. The van der Waals surface area contributed by atoms with Crippen LogP contribution in [-0.2, 0) is 19.4 Å². The van der Waals surface area contributed by atoms with Crippen molar-refractivity contribution in [2.75, 3.05) is 18.4 Å². The van der Waals surface area contributed by atoms with E-state index in [1.165, 1.54) is 0 Å². The van der Waals surface area contributed by atoms with Gasteiger partial charge >= 0.3 is 6.03 Å². The van der Waals surface area contributed by atoms with Crippen molar-refractivity contribution in [1.82, 2.24) is 19.7 Å². The van der Waals surface area contributed by atoms with Crippen LogP contribution in [0.1, 0.15) is 72.0 Å². The lowest BCUT2D eigenvalue weighted by molar-refractivity contribution is 0.0982. The van der Waals surface area contributed by atoms with E-state index in [2.05, 4.69) is 20.1 Å². The Balaban J connectivity index is 1.29. The molecule has 0 bridgehead atoms. The Hall–Kier alpha value is -2.70. The second-order valence-electron chi connectivity index (χ2n) is 8.45. The summed E-state index contributed by atoms with van der Waals surface area (Å²) in [6.45, 7) is 2.39. The number of hydrogen-bond acceptors (Lipinski definition) is 4. The first kappa shape index (κ1) is 18.3. The highest BCUT2D eigenvalue weighted by Crippen LogP contribution is 2.29. The van der Waals surface area contributed by atoms with Crippen molar-refractivity contribution in [3.05, 3.63) is 41.0 Å². The van der Waals surface area contributed by atoms with Gasteiger partial charge in [-0.15, -0.1) is 10.2 Å². The highest BCUT2D eigenvalue weighted by atomic mass is 16.2. The zero-order chi connectivity index (χ0) is 19.8. The summed E-state index contributed by atoms with van der Waals surface area (Å²) < 4.78 is 2.24. The van der Waals surface area contributed by atoms with Gasteiger partial charge in [0.05, 0.1) is 0 Å². The molecular weight excluding hydrogens is 366 g/mol. The number of ketones is 1. The molecule has 2 amide bonds. The molecule has 0 radical (unpaired) electrons. The molecule has 1 aromatic heterocycles. The molecule has 0 saturated carbocycles. The van der Waals surface area contributed by atoms with E-state index in [-0.39, 0.29) is 17.7 Å². The number of amides is 2. The number of piperidine rings is 1. The number of aryl methyl sites for hydroxylation is 2. The van der Waals surface area contributed by atoms with Gasteiger partial charge in [0.15, 0.2) is 5.78 Å². The molecule has 0 spiro atoms. The number of benzene rings is 1. The molecule has 3 aliphatic rings. The Morgan fingerprint density at radius 3 is 2.86 bits per heavy atom. The molecule has 2 aliphatic heterocycles. The van der Waals surface area contributed by atoms with Crippen LogP contribution in [0.4, 0.5) is 10.5 Å². The number of hydrogen-bond donors (Lipinski definition) is 1. The first-order chi connectivity index (χ1) is 14.2. The van der Waals surface area contributed by atoms with Crippen molar-refractivity contribution in [3.63, 3.8) is 0 Å². The highest BCUT2D eigenvalue weighted by molar-refractivity contribution is 5.99. The second-order valence-corrected chi connectivity index (χ2v) is 8.45. The average Bonchev–Trinajstić information content (AvgIpc) is 3.31. The van der Waals surface area contributed by atoms with Crippen LogP contribution in [0.25, 0.3) is 0 Å². The molecule has 2 aromatic rings. The van der Waals surface area contributed by atoms with E-state index in [0.717, 1.165) is 80.8 Å². The van der Waals surface area contributed by atoms with E-state index in [9.17, 15) is 9.59 Å². The second kappa shape index (κ2) is 7.61. The summed E-state index contributed by atoms with van der Waals surface area (Å²) in [5, 5.41) is 11.8. The number of nitrogens with one attached hydrogen (secondary N) is 1. The summed E-state index contributed by atoms with van der Waals surface area (Å²) in [6, 6.07) is 5.67. The maximum absolute atomic E-state index is 12.9. The summed E-state index contributed by atoms with van der Waals surface area (Å²) in [5.74, 6) is 2.54. The van der Waals surface area contributed by atoms with E-state index in [4.69, 9.17) is 0 Å². The quantitative estimate of drug-likeness (QED) is 0.792. The molecule has 1 saturated heterocycles. The average molecular weight is 393 g/mol. The predicted molar refractivity (Wildman–Crippen MR) is 109 cm³/mol. The van der Waals surface area contributed by atoms with E-state index >= 15 is 0 Å². The molecule has 7 heteroatoms. The number of likely N-dealkylation sites (tertiary alicyclic amines) is 1. The highest BCUT2D eigenvalue weighted by Gasteiger charge is 2.30. The Morgan fingerprint density at radius 1 is 1.03 bits per heavy atom. The molecule has 5 rings (SSSR count). The van der Waals surface area contributed by atoms with Crippen LogP contribution in [-0.4, -0.2) is 44.6 Å². The molecule has 1 atom stereocenters. The summed E-state index contributed by atoms with van der Waals surface area (Å²) in [6.07, 6.45) is 7.65. The maximum Gasteiger partial charge on any atom is 0.321 e. The number of carbonyl (C=O) groups excluding carboxylic acids is 2. The standard InChI is InChI=1S/C22H27N5O2/c28-19-7-2-1-5-15-9-10-17(13-18(15)19)23-22(29)26-11-3-6-16(14-26)21-25-24-20-8-4-12-27(20)21/h9-10,13,16H,1-8,11-12,14H2,(H,23,29). The van der Waals surface area contributed by atoms with E-state index < -0.39 is 0 Å². The van der Waals surface area contributed by atoms with Crippen LogP contribution in [0.5, 0.6) is 0 Å². The predicted octanol–water partition coefficient (Wildman–Crippen LogP) is 3.54. The van der Waals surface area contributed by atoms with E-state index in [1.807, 2.05) is 23.1 Å². The summed E-state index contributed by atoms with van der Waals surface area (Å²) >= 11 is 0. The number of rotatable bonds is 2. The molecule has 152 valence electrons. The van der Waals surface area contributed by atoms with E-state index in [1.54, 1.807) is 0 Å². The lowest BCUT2D eigenvalue weighted by Gasteiger charge is -2.32. The largest absolute Gasteiger partial charge is 0.324 e. The number of nitrogens with zero attached hydrogens (tertiary/aromatic N) is 4. The minimum absolute atomic E-state index is 0.100. The SMILES string of the molecule is O=C1CCCCc2ccc(NC(=O)N3CCCC(c4nnc5n4CCC5)C3)cc21. The van der Waals surface area contributed by atoms with Crippen LogP contribution >= 0.6 is 0 Å². The number of aromatic nitrogens is 3. The Labute approximate surface area is 170 Å². The first-order valence-electron chi connectivity index (χ1n) is 10.8. The Morgan fingerprint density at radius 2 is 1.93 bits per heavy atom. The van der Waals surface area contributed by atoms with Crippen LogP contribution in [0.15, 0.2) is 18.2 Å². The van der Waals surface area contributed by atoms with Crippen molar-refractivity contribution in [3.8, 4) is 0 Å². The van der Waals surface area contributed by atoms with Crippen molar-refractivity contribution < 1.29 is 9.59 Å². The molecular formula is C22H27N5O2. The lowest BCUT2D eigenvalue weighted by Crippen LogP contribution is -2.42. The lowest BCUT2D eigenvalue weighted by atomic mass is 9.97. The van der Waals surface area contributed by atoms with Gasteiger partial charge in [-0.05, 0) is 56.2 Å². The van der Waals surface area contributed by atoms with Gasteiger partial charge in [-0.1, -0.05) is 6.07 Å². The van der Waals surface area contributed by atoms with Crippen LogP contribution < -0.4 is 5.32 Å². The van der Waals surface area contributed by atoms with Gasteiger partial charge in [-0.3, -0.25) is 4.79 Å². The fraction of sp³-hybridized carbons (Fsp3) is 0.545. The third kappa shape index (κ3) is 3.54. The molecule has 1 N–H and O–H groups in total. The third-order valence-corrected chi connectivity index (χ3v) is 6.47. The molecule has 1 aromatic carbocycles. The van der Waals surface area contributed by atoms with E-state index in [0.29, 0.717) is 18.7 Å². The number of anilines is 1. The Kier molecular flexibility index (Phi) is 4.81. The van der Waals surface area contributed by atoms with Gasteiger partial charge in [-0.2, -0.15) is 0 Å². The van der Waals surface area contributed by atoms with Gasteiger partial charge in [0.1, 0.15) is 11.6 Å². The van der Waals surface area contributed by atoms with Crippen LogP contribution in [0, 0.1) is 0 Å². The molecule has 7 nitrogen and oxygen atoms in total. The van der Waals surface area contributed by atoms with Crippen molar-refractivity contribution in [1.29, 1.82) is 0 Å².